The van der Waals surface area contributed by atoms with Crippen molar-refractivity contribution < 1.29 is 17.9 Å². The number of carbonyl (C=O) groups is 1. The summed E-state index contributed by atoms with van der Waals surface area (Å²) in [5.74, 6) is -0.575. The summed E-state index contributed by atoms with van der Waals surface area (Å²) in [7, 11) is -2.06. The maximum Gasteiger partial charge on any atom is 0.337 e. The molecule has 20 heavy (non-hydrogen) atoms. The molecule has 0 unspecified atom stereocenters. The number of hydrogen-bond donors (Lipinski definition) is 0. The Morgan fingerprint density at radius 2 is 2.10 bits per heavy atom. The highest BCUT2D eigenvalue weighted by atomic mass is 79.9. The smallest absolute Gasteiger partial charge is 0.337 e. The van der Waals surface area contributed by atoms with Gasteiger partial charge in [-0.15, -0.1) is 11.3 Å². The number of carbonyl (C=O) groups excluding carboxylic acids is 1. The van der Waals surface area contributed by atoms with E-state index in [-0.39, 0.29) is 5.75 Å². The molecule has 0 bridgehead atoms. The Kier molecular flexibility index (Phi) is 4.62. The lowest BCUT2D eigenvalue weighted by Crippen LogP contribution is -2.05. The molecule has 0 radical (unpaired) electrons. The van der Waals surface area contributed by atoms with Gasteiger partial charge in [0.25, 0.3) is 0 Å². The summed E-state index contributed by atoms with van der Waals surface area (Å²) in [4.78, 5) is 11.4. The van der Waals surface area contributed by atoms with Crippen molar-refractivity contribution in [2.45, 2.75) is 9.96 Å². The molecule has 7 heteroatoms. The second kappa shape index (κ2) is 6.07. The van der Waals surface area contributed by atoms with Crippen LogP contribution >= 0.6 is 27.3 Å². The lowest BCUT2D eigenvalue weighted by molar-refractivity contribution is 0.0600. The fourth-order valence-electron chi connectivity index (χ4n) is 1.63. The van der Waals surface area contributed by atoms with E-state index in [9.17, 15) is 13.2 Å². The average molecular weight is 375 g/mol. The maximum atomic E-state index is 12.2. The highest BCUT2D eigenvalue weighted by molar-refractivity contribution is 9.10. The molecule has 0 aliphatic carbocycles. The van der Waals surface area contributed by atoms with Crippen LogP contribution in [-0.4, -0.2) is 21.5 Å². The molecule has 0 aliphatic rings. The Balaban J connectivity index is 2.29. The molecular weight excluding hydrogens is 364 g/mol. The first-order valence-electron chi connectivity index (χ1n) is 5.57. The summed E-state index contributed by atoms with van der Waals surface area (Å²) in [6.07, 6.45) is 0. The molecule has 0 aliphatic heterocycles. The minimum absolute atomic E-state index is 0.116. The van der Waals surface area contributed by atoms with Crippen LogP contribution in [0.25, 0.3) is 0 Å². The standard InChI is InChI=1S/C13H11BrO4S2/c1-18-13(15)9-4-5-10(11(14)7-9)8-20(16,17)12-3-2-6-19-12/h2-7H,8H2,1H3. The van der Waals surface area contributed by atoms with Gasteiger partial charge in [0.1, 0.15) is 4.21 Å². The van der Waals surface area contributed by atoms with Crippen LogP contribution in [0.4, 0.5) is 0 Å². The van der Waals surface area contributed by atoms with Gasteiger partial charge in [-0.1, -0.05) is 28.1 Å². The predicted molar refractivity (Wildman–Crippen MR) is 80.7 cm³/mol. The summed E-state index contributed by atoms with van der Waals surface area (Å²) >= 11 is 4.48. The molecule has 0 atom stereocenters. The highest BCUT2D eigenvalue weighted by Crippen LogP contribution is 2.26. The van der Waals surface area contributed by atoms with E-state index in [4.69, 9.17) is 0 Å². The van der Waals surface area contributed by atoms with Gasteiger partial charge < -0.3 is 4.74 Å². The summed E-state index contributed by atoms with van der Waals surface area (Å²) in [5, 5.41) is 1.72. The number of rotatable bonds is 4. The molecular formula is C13H11BrO4S2. The van der Waals surface area contributed by atoms with Crippen LogP contribution in [0.15, 0.2) is 44.4 Å². The number of ether oxygens (including phenoxy) is 1. The van der Waals surface area contributed by atoms with Crippen molar-refractivity contribution in [1.82, 2.24) is 0 Å². The van der Waals surface area contributed by atoms with Crippen molar-refractivity contribution in [3.05, 3.63) is 51.3 Å². The van der Waals surface area contributed by atoms with Gasteiger partial charge in [-0.3, -0.25) is 0 Å². The molecule has 0 amide bonds. The predicted octanol–water partition coefficient (Wildman–Crippen LogP) is 3.27. The zero-order chi connectivity index (χ0) is 14.8. The zero-order valence-electron chi connectivity index (χ0n) is 10.5. The molecule has 2 rings (SSSR count). The lowest BCUT2D eigenvalue weighted by atomic mass is 10.1. The van der Waals surface area contributed by atoms with Crippen molar-refractivity contribution in [2.75, 3.05) is 7.11 Å². The zero-order valence-corrected chi connectivity index (χ0v) is 13.7. The Hall–Kier alpha value is -1.18. The quantitative estimate of drug-likeness (QED) is 0.770. The molecule has 0 saturated carbocycles. The van der Waals surface area contributed by atoms with E-state index in [0.717, 1.165) is 0 Å². The number of benzene rings is 1. The van der Waals surface area contributed by atoms with Crippen LogP contribution in [0.3, 0.4) is 0 Å². The number of hydrogen-bond acceptors (Lipinski definition) is 5. The normalized spacial score (nSPS) is 11.3. The van der Waals surface area contributed by atoms with Gasteiger partial charge >= 0.3 is 5.97 Å². The summed E-state index contributed by atoms with van der Waals surface area (Å²) in [6.45, 7) is 0. The summed E-state index contributed by atoms with van der Waals surface area (Å²) in [6, 6.07) is 8.01. The van der Waals surface area contributed by atoms with Gasteiger partial charge in [0.05, 0.1) is 18.4 Å². The van der Waals surface area contributed by atoms with Crippen molar-refractivity contribution in [3.8, 4) is 0 Å². The van der Waals surface area contributed by atoms with Crippen LogP contribution in [-0.2, 0) is 20.3 Å². The Labute approximate surface area is 129 Å². The first kappa shape index (κ1) is 15.2. The van der Waals surface area contributed by atoms with E-state index >= 15 is 0 Å². The molecule has 0 saturated heterocycles. The minimum atomic E-state index is -3.36. The molecule has 2 aromatic rings. The molecule has 0 fully saturated rings. The second-order valence-corrected chi connectivity index (χ2v) is 8.01. The Bertz CT molecular complexity index is 721. The number of thiophene rings is 1. The van der Waals surface area contributed by atoms with Crippen LogP contribution in [0, 0.1) is 0 Å². The first-order chi connectivity index (χ1) is 9.44. The minimum Gasteiger partial charge on any atom is -0.465 e. The number of halogens is 1. The molecule has 0 N–H and O–H groups in total. The average Bonchev–Trinajstić information content (AvgIpc) is 2.95. The van der Waals surface area contributed by atoms with E-state index in [1.807, 2.05) is 0 Å². The monoisotopic (exact) mass is 374 g/mol. The first-order valence-corrected chi connectivity index (χ1v) is 8.89. The van der Waals surface area contributed by atoms with Crippen LogP contribution < -0.4 is 0 Å². The Morgan fingerprint density at radius 1 is 1.35 bits per heavy atom. The fraction of sp³-hybridized carbons (Fsp3) is 0.154. The molecule has 1 aromatic carbocycles. The SMILES string of the molecule is COC(=O)c1ccc(CS(=O)(=O)c2cccs2)c(Br)c1. The molecule has 4 nitrogen and oxygen atoms in total. The van der Waals surface area contributed by atoms with Gasteiger partial charge in [0.15, 0.2) is 9.84 Å². The highest BCUT2D eigenvalue weighted by Gasteiger charge is 2.18. The molecule has 106 valence electrons. The largest absolute Gasteiger partial charge is 0.465 e. The van der Waals surface area contributed by atoms with Crippen molar-refractivity contribution in [1.29, 1.82) is 0 Å². The molecule has 0 spiro atoms. The number of esters is 1. The Morgan fingerprint density at radius 3 is 2.65 bits per heavy atom. The van der Waals surface area contributed by atoms with Gasteiger partial charge in [-0.05, 0) is 29.1 Å². The summed E-state index contributed by atoms with van der Waals surface area (Å²) < 4.78 is 29.9. The van der Waals surface area contributed by atoms with E-state index < -0.39 is 15.8 Å². The second-order valence-electron chi connectivity index (χ2n) is 3.99. The van der Waals surface area contributed by atoms with Gasteiger partial charge in [-0.2, -0.15) is 0 Å². The number of sulfone groups is 1. The fourth-order valence-corrected chi connectivity index (χ4v) is 4.80. The van der Waals surface area contributed by atoms with Crippen molar-refractivity contribution in [2.24, 2.45) is 0 Å². The third kappa shape index (κ3) is 3.28. The third-order valence-electron chi connectivity index (χ3n) is 2.62. The van der Waals surface area contributed by atoms with Gasteiger partial charge in [-0.25, -0.2) is 13.2 Å². The topological polar surface area (TPSA) is 60.4 Å². The van der Waals surface area contributed by atoms with E-state index in [0.29, 0.717) is 19.8 Å². The van der Waals surface area contributed by atoms with Crippen molar-refractivity contribution in [3.63, 3.8) is 0 Å². The summed E-state index contributed by atoms with van der Waals surface area (Å²) in [5.41, 5.74) is 0.975. The van der Waals surface area contributed by atoms with E-state index in [1.165, 1.54) is 18.4 Å². The van der Waals surface area contributed by atoms with E-state index in [1.54, 1.807) is 35.7 Å². The van der Waals surface area contributed by atoms with E-state index in [2.05, 4.69) is 20.7 Å². The van der Waals surface area contributed by atoms with Gasteiger partial charge in [0.2, 0.25) is 0 Å². The molecule has 1 heterocycles. The van der Waals surface area contributed by atoms with Gasteiger partial charge in [0, 0.05) is 4.47 Å². The maximum absolute atomic E-state index is 12.2. The lowest BCUT2D eigenvalue weighted by Gasteiger charge is -2.07. The van der Waals surface area contributed by atoms with Crippen molar-refractivity contribution >= 4 is 43.1 Å². The van der Waals surface area contributed by atoms with Crippen LogP contribution in [0.2, 0.25) is 0 Å². The third-order valence-corrected chi connectivity index (χ3v) is 6.51. The van der Waals surface area contributed by atoms with Crippen LogP contribution in [0.1, 0.15) is 15.9 Å². The molecule has 1 aromatic heterocycles. The number of methoxy groups -OCH3 is 1. The van der Waals surface area contributed by atoms with Crippen LogP contribution in [0.5, 0.6) is 0 Å².